The number of carbonyl (C=O) groups excluding carboxylic acids is 1. The van der Waals surface area contributed by atoms with Crippen molar-refractivity contribution in [3.63, 3.8) is 0 Å². The van der Waals surface area contributed by atoms with E-state index in [0.29, 0.717) is 12.4 Å². The van der Waals surface area contributed by atoms with Crippen LogP contribution in [0.15, 0.2) is 18.2 Å². The summed E-state index contributed by atoms with van der Waals surface area (Å²) in [6.45, 7) is 4.32. The summed E-state index contributed by atoms with van der Waals surface area (Å²) < 4.78 is 15.5. The summed E-state index contributed by atoms with van der Waals surface area (Å²) in [6, 6.07) is 5.30. The van der Waals surface area contributed by atoms with Crippen LogP contribution in [0.4, 0.5) is 0 Å². The molecule has 0 saturated heterocycles. The molecule has 1 unspecified atom stereocenters. The van der Waals surface area contributed by atoms with Gasteiger partial charge in [0.1, 0.15) is 18.1 Å². The molecule has 1 amide bonds. The molecule has 1 aromatic rings. The van der Waals surface area contributed by atoms with Crippen molar-refractivity contribution in [2.75, 3.05) is 27.4 Å². The summed E-state index contributed by atoms with van der Waals surface area (Å²) in [5.41, 5.74) is 0.867. The minimum atomic E-state index is -0.182. The number of benzene rings is 1. The second kappa shape index (κ2) is 7.63. The molecule has 0 fully saturated rings. The van der Waals surface area contributed by atoms with Crippen LogP contribution in [0.2, 0.25) is 0 Å². The van der Waals surface area contributed by atoms with Crippen LogP contribution in [-0.4, -0.2) is 33.3 Å². The highest BCUT2D eigenvalue weighted by Gasteiger charge is 2.15. The SMILES string of the molecule is CCOCC(=O)NC(C)c1cc(OC)ccc1OC. The molecule has 19 heavy (non-hydrogen) atoms. The number of ether oxygens (including phenoxy) is 3. The first-order valence-electron chi connectivity index (χ1n) is 6.21. The normalized spacial score (nSPS) is 11.8. The first-order chi connectivity index (χ1) is 9.12. The number of amides is 1. The van der Waals surface area contributed by atoms with Crippen LogP contribution < -0.4 is 14.8 Å². The number of methoxy groups -OCH3 is 2. The molecule has 1 atom stereocenters. The zero-order valence-electron chi connectivity index (χ0n) is 11.9. The van der Waals surface area contributed by atoms with E-state index in [1.807, 2.05) is 32.0 Å². The fourth-order valence-electron chi connectivity index (χ4n) is 1.73. The highest BCUT2D eigenvalue weighted by molar-refractivity contribution is 5.77. The minimum Gasteiger partial charge on any atom is -0.497 e. The van der Waals surface area contributed by atoms with Crippen molar-refractivity contribution < 1.29 is 19.0 Å². The fourth-order valence-corrected chi connectivity index (χ4v) is 1.73. The molecule has 1 rings (SSSR count). The number of rotatable bonds is 7. The monoisotopic (exact) mass is 267 g/mol. The van der Waals surface area contributed by atoms with Gasteiger partial charge in [0.15, 0.2) is 0 Å². The second-order valence-corrected chi connectivity index (χ2v) is 4.03. The van der Waals surface area contributed by atoms with Crippen molar-refractivity contribution in [2.24, 2.45) is 0 Å². The summed E-state index contributed by atoms with van der Waals surface area (Å²) in [7, 11) is 3.20. The van der Waals surface area contributed by atoms with Crippen LogP contribution in [0.3, 0.4) is 0 Å². The number of hydrogen-bond acceptors (Lipinski definition) is 4. The molecule has 0 aliphatic heterocycles. The molecule has 0 heterocycles. The van der Waals surface area contributed by atoms with Gasteiger partial charge in [0.05, 0.1) is 20.3 Å². The zero-order valence-corrected chi connectivity index (χ0v) is 11.9. The molecule has 0 aliphatic rings. The predicted octanol–water partition coefficient (Wildman–Crippen LogP) is 1.92. The van der Waals surface area contributed by atoms with Crippen LogP contribution in [0.1, 0.15) is 25.5 Å². The van der Waals surface area contributed by atoms with Gasteiger partial charge < -0.3 is 19.5 Å². The topological polar surface area (TPSA) is 56.8 Å². The maximum atomic E-state index is 11.6. The molecule has 1 aromatic carbocycles. The Balaban J connectivity index is 2.79. The quantitative estimate of drug-likeness (QED) is 0.820. The molecule has 106 valence electrons. The summed E-state index contributed by atoms with van der Waals surface area (Å²) in [5, 5.41) is 2.86. The van der Waals surface area contributed by atoms with Gasteiger partial charge in [-0.1, -0.05) is 0 Å². The summed E-state index contributed by atoms with van der Waals surface area (Å²) in [6.07, 6.45) is 0. The van der Waals surface area contributed by atoms with Gasteiger partial charge in [-0.25, -0.2) is 0 Å². The maximum Gasteiger partial charge on any atom is 0.246 e. The lowest BCUT2D eigenvalue weighted by Gasteiger charge is -2.18. The van der Waals surface area contributed by atoms with Crippen molar-refractivity contribution in [1.29, 1.82) is 0 Å². The summed E-state index contributed by atoms with van der Waals surface area (Å²) in [5.74, 6) is 1.28. The Labute approximate surface area is 113 Å². The van der Waals surface area contributed by atoms with Crippen molar-refractivity contribution in [1.82, 2.24) is 5.32 Å². The van der Waals surface area contributed by atoms with Crippen LogP contribution in [0.25, 0.3) is 0 Å². The van der Waals surface area contributed by atoms with E-state index in [-0.39, 0.29) is 18.6 Å². The largest absolute Gasteiger partial charge is 0.497 e. The molecule has 0 spiro atoms. The van der Waals surface area contributed by atoms with E-state index in [9.17, 15) is 4.79 Å². The Hall–Kier alpha value is -1.75. The molecule has 5 heteroatoms. The van der Waals surface area contributed by atoms with Crippen LogP contribution >= 0.6 is 0 Å². The molecule has 0 saturated carbocycles. The zero-order chi connectivity index (χ0) is 14.3. The lowest BCUT2D eigenvalue weighted by Crippen LogP contribution is -2.30. The molecule has 0 aromatic heterocycles. The van der Waals surface area contributed by atoms with E-state index in [0.717, 1.165) is 11.3 Å². The highest BCUT2D eigenvalue weighted by Crippen LogP contribution is 2.29. The average Bonchev–Trinajstić information content (AvgIpc) is 2.44. The van der Waals surface area contributed by atoms with Crippen LogP contribution in [-0.2, 0) is 9.53 Å². The molecule has 0 bridgehead atoms. The molecular weight excluding hydrogens is 246 g/mol. The standard InChI is InChI=1S/C14H21NO4/c1-5-19-9-14(16)15-10(2)12-8-11(17-3)6-7-13(12)18-4/h6-8,10H,5,9H2,1-4H3,(H,15,16). The fraction of sp³-hybridized carbons (Fsp3) is 0.500. The van der Waals surface area contributed by atoms with E-state index in [2.05, 4.69) is 5.32 Å². The van der Waals surface area contributed by atoms with Gasteiger partial charge in [0.25, 0.3) is 0 Å². The second-order valence-electron chi connectivity index (χ2n) is 4.03. The average molecular weight is 267 g/mol. The summed E-state index contributed by atoms with van der Waals surface area (Å²) in [4.78, 5) is 11.6. The Morgan fingerprint density at radius 3 is 2.63 bits per heavy atom. The van der Waals surface area contributed by atoms with Gasteiger partial charge in [-0.3, -0.25) is 4.79 Å². The molecule has 1 N–H and O–H groups in total. The Morgan fingerprint density at radius 2 is 2.05 bits per heavy atom. The lowest BCUT2D eigenvalue weighted by atomic mass is 10.1. The molecule has 0 radical (unpaired) electrons. The third-order valence-corrected chi connectivity index (χ3v) is 2.72. The van der Waals surface area contributed by atoms with Crippen molar-refractivity contribution in [2.45, 2.75) is 19.9 Å². The van der Waals surface area contributed by atoms with Crippen molar-refractivity contribution >= 4 is 5.91 Å². The Morgan fingerprint density at radius 1 is 1.32 bits per heavy atom. The van der Waals surface area contributed by atoms with E-state index in [4.69, 9.17) is 14.2 Å². The van der Waals surface area contributed by atoms with Gasteiger partial charge in [-0.15, -0.1) is 0 Å². The van der Waals surface area contributed by atoms with E-state index >= 15 is 0 Å². The molecule has 0 aliphatic carbocycles. The lowest BCUT2D eigenvalue weighted by molar-refractivity contribution is -0.126. The minimum absolute atomic E-state index is 0.0626. The predicted molar refractivity (Wildman–Crippen MR) is 72.6 cm³/mol. The van der Waals surface area contributed by atoms with Gasteiger partial charge in [0, 0.05) is 12.2 Å². The Bertz CT molecular complexity index is 420. The number of hydrogen-bond donors (Lipinski definition) is 1. The summed E-state index contributed by atoms with van der Waals surface area (Å²) >= 11 is 0. The van der Waals surface area contributed by atoms with Gasteiger partial charge in [0.2, 0.25) is 5.91 Å². The van der Waals surface area contributed by atoms with E-state index in [1.54, 1.807) is 14.2 Å². The first kappa shape index (κ1) is 15.3. The number of carbonyl (C=O) groups is 1. The maximum absolute atomic E-state index is 11.6. The molecular formula is C14H21NO4. The van der Waals surface area contributed by atoms with E-state index in [1.165, 1.54) is 0 Å². The van der Waals surface area contributed by atoms with Crippen LogP contribution in [0, 0.1) is 0 Å². The molecule has 5 nitrogen and oxygen atoms in total. The van der Waals surface area contributed by atoms with Gasteiger partial charge >= 0.3 is 0 Å². The van der Waals surface area contributed by atoms with Gasteiger partial charge in [-0.05, 0) is 32.0 Å². The third-order valence-electron chi connectivity index (χ3n) is 2.72. The Kier molecular flexibility index (Phi) is 6.15. The smallest absolute Gasteiger partial charge is 0.246 e. The first-order valence-corrected chi connectivity index (χ1v) is 6.21. The number of nitrogens with one attached hydrogen (secondary N) is 1. The third kappa shape index (κ3) is 4.44. The van der Waals surface area contributed by atoms with Crippen molar-refractivity contribution in [3.8, 4) is 11.5 Å². The van der Waals surface area contributed by atoms with E-state index < -0.39 is 0 Å². The van der Waals surface area contributed by atoms with Crippen molar-refractivity contribution in [3.05, 3.63) is 23.8 Å². The van der Waals surface area contributed by atoms with Crippen LogP contribution in [0.5, 0.6) is 11.5 Å². The highest BCUT2D eigenvalue weighted by atomic mass is 16.5. The van der Waals surface area contributed by atoms with Gasteiger partial charge in [-0.2, -0.15) is 0 Å².